The predicted octanol–water partition coefficient (Wildman–Crippen LogP) is 3.11. The summed E-state index contributed by atoms with van der Waals surface area (Å²) in [6.45, 7) is 8.80. The van der Waals surface area contributed by atoms with E-state index in [0.717, 1.165) is 46.7 Å². The monoisotopic (exact) mass is 451 g/mol. The van der Waals surface area contributed by atoms with E-state index < -0.39 is 0 Å². The number of hydrogen-bond acceptors (Lipinski definition) is 7. The normalized spacial score (nSPS) is 23.0. The molecule has 0 saturated carbocycles. The average Bonchev–Trinajstić information content (AvgIpc) is 3.11. The molecule has 3 atom stereocenters. The molecule has 4 N–H and O–H groups in total. The number of amides is 1. The molecule has 5 rings (SSSR count). The van der Waals surface area contributed by atoms with E-state index in [2.05, 4.69) is 52.6 Å². The Labute approximate surface area is 192 Å². The zero-order valence-electron chi connectivity index (χ0n) is 18.6. The minimum atomic E-state index is -0.166. The molecule has 1 saturated heterocycles. The standard InChI is InChI=1S/C24H29N5O2S/c1-13-4-7-19-21(25)22(32-24(19)27-13)23(30)28-17-10-16-5-6-18(11-20(16)31-12-17)29-9-8-26-14(2)15(29)3/h4-7,11,14-15,17,26H,8-10,12,25H2,1-3H3,(H,28,30)/t14-,15+,17?/m0/s1. The van der Waals surface area contributed by atoms with E-state index in [4.69, 9.17) is 10.5 Å². The van der Waals surface area contributed by atoms with E-state index in [-0.39, 0.29) is 11.9 Å². The number of nitrogens with one attached hydrogen (secondary N) is 2. The van der Waals surface area contributed by atoms with Crippen LogP contribution in [-0.2, 0) is 6.42 Å². The number of ether oxygens (including phenoxy) is 1. The Morgan fingerprint density at radius 1 is 1.31 bits per heavy atom. The number of aryl methyl sites for hydroxylation is 1. The number of rotatable bonds is 3. The zero-order chi connectivity index (χ0) is 22.4. The highest BCUT2D eigenvalue weighted by atomic mass is 32.1. The van der Waals surface area contributed by atoms with Gasteiger partial charge in [0.05, 0.1) is 11.7 Å². The molecule has 2 aromatic heterocycles. The summed E-state index contributed by atoms with van der Waals surface area (Å²) in [5.74, 6) is 0.743. The third-order valence-electron chi connectivity index (χ3n) is 6.60. The maximum absolute atomic E-state index is 13.0. The summed E-state index contributed by atoms with van der Waals surface area (Å²) in [7, 11) is 0. The summed E-state index contributed by atoms with van der Waals surface area (Å²) in [5.41, 5.74) is 9.96. The van der Waals surface area contributed by atoms with E-state index in [1.54, 1.807) is 0 Å². The largest absolute Gasteiger partial charge is 0.491 e. The molecule has 2 aliphatic rings. The molecular formula is C24H29N5O2S. The van der Waals surface area contributed by atoms with Gasteiger partial charge in [0.15, 0.2) is 0 Å². The van der Waals surface area contributed by atoms with Crippen molar-refractivity contribution in [2.24, 2.45) is 0 Å². The minimum Gasteiger partial charge on any atom is -0.491 e. The van der Waals surface area contributed by atoms with Crippen molar-refractivity contribution in [1.82, 2.24) is 15.6 Å². The number of carbonyl (C=O) groups is 1. The first-order chi connectivity index (χ1) is 15.4. The van der Waals surface area contributed by atoms with Crippen LogP contribution < -0.4 is 26.0 Å². The third kappa shape index (κ3) is 3.78. The van der Waals surface area contributed by atoms with Crippen molar-refractivity contribution >= 4 is 38.8 Å². The Morgan fingerprint density at radius 2 is 2.16 bits per heavy atom. The third-order valence-corrected chi connectivity index (χ3v) is 7.71. The number of anilines is 2. The number of fused-ring (bicyclic) bond motifs is 2. The molecule has 3 aromatic rings. The summed E-state index contributed by atoms with van der Waals surface area (Å²) in [6, 6.07) is 11.0. The lowest BCUT2D eigenvalue weighted by Crippen LogP contribution is -2.55. The lowest BCUT2D eigenvalue weighted by atomic mass is 10.0. The van der Waals surface area contributed by atoms with Gasteiger partial charge >= 0.3 is 0 Å². The van der Waals surface area contributed by atoms with Gasteiger partial charge in [0.2, 0.25) is 0 Å². The summed E-state index contributed by atoms with van der Waals surface area (Å²) < 4.78 is 6.07. The first-order valence-electron chi connectivity index (χ1n) is 11.1. The second-order valence-electron chi connectivity index (χ2n) is 8.80. The number of nitrogen functional groups attached to an aromatic ring is 1. The van der Waals surface area contributed by atoms with Crippen molar-refractivity contribution in [2.45, 2.75) is 45.3 Å². The van der Waals surface area contributed by atoms with Crippen LogP contribution >= 0.6 is 11.3 Å². The Morgan fingerprint density at radius 3 is 3.00 bits per heavy atom. The summed E-state index contributed by atoms with van der Waals surface area (Å²) in [4.78, 5) is 21.2. The molecule has 8 heteroatoms. The van der Waals surface area contributed by atoms with Crippen LogP contribution in [0.15, 0.2) is 30.3 Å². The lowest BCUT2D eigenvalue weighted by Gasteiger charge is -2.40. The second-order valence-corrected chi connectivity index (χ2v) is 9.80. The van der Waals surface area contributed by atoms with Gasteiger partial charge in [-0.15, -0.1) is 11.3 Å². The van der Waals surface area contributed by atoms with Gasteiger partial charge in [0, 0.05) is 48.0 Å². The average molecular weight is 452 g/mol. The fourth-order valence-electron chi connectivity index (χ4n) is 4.56. The van der Waals surface area contributed by atoms with Crippen molar-refractivity contribution < 1.29 is 9.53 Å². The van der Waals surface area contributed by atoms with Gasteiger partial charge in [-0.3, -0.25) is 4.79 Å². The molecule has 0 radical (unpaired) electrons. The number of benzene rings is 1. The van der Waals surface area contributed by atoms with Crippen molar-refractivity contribution in [1.29, 1.82) is 0 Å². The first-order valence-corrected chi connectivity index (χ1v) is 11.9. The molecular weight excluding hydrogens is 422 g/mol. The maximum Gasteiger partial charge on any atom is 0.263 e. The highest BCUT2D eigenvalue weighted by Crippen LogP contribution is 2.34. The van der Waals surface area contributed by atoms with E-state index in [1.807, 2.05) is 19.1 Å². The van der Waals surface area contributed by atoms with Crippen molar-refractivity contribution in [2.75, 3.05) is 30.3 Å². The number of pyridine rings is 1. The molecule has 4 heterocycles. The predicted molar refractivity (Wildman–Crippen MR) is 130 cm³/mol. The Kier molecular flexibility index (Phi) is 5.43. The molecule has 2 aliphatic heterocycles. The first kappa shape index (κ1) is 21.0. The Hall–Kier alpha value is -2.84. The quantitative estimate of drug-likeness (QED) is 0.567. The number of nitrogens with two attached hydrogens (primary N) is 1. The molecule has 1 amide bonds. The van der Waals surface area contributed by atoms with Crippen LogP contribution in [0.2, 0.25) is 0 Å². The molecule has 1 aromatic carbocycles. The molecule has 32 heavy (non-hydrogen) atoms. The smallest absolute Gasteiger partial charge is 0.263 e. The van der Waals surface area contributed by atoms with Gasteiger partial charge in [-0.2, -0.15) is 0 Å². The van der Waals surface area contributed by atoms with Crippen molar-refractivity contribution in [3.8, 4) is 5.75 Å². The number of thiophene rings is 1. The fraction of sp³-hybridized carbons (Fsp3) is 0.417. The van der Waals surface area contributed by atoms with E-state index >= 15 is 0 Å². The lowest BCUT2D eigenvalue weighted by molar-refractivity contribution is 0.0920. The van der Waals surface area contributed by atoms with Gasteiger partial charge in [-0.25, -0.2) is 4.98 Å². The molecule has 1 fully saturated rings. The van der Waals surface area contributed by atoms with Gasteiger partial charge < -0.3 is 26.0 Å². The van der Waals surface area contributed by atoms with Crippen LogP contribution in [0.1, 0.15) is 34.8 Å². The van der Waals surface area contributed by atoms with Gasteiger partial charge in [0.1, 0.15) is 22.1 Å². The molecule has 1 unspecified atom stereocenters. The van der Waals surface area contributed by atoms with Crippen LogP contribution in [0.25, 0.3) is 10.2 Å². The van der Waals surface area contributed by atoms with E-state index in [9.17, 15) is 4.79 Å². The Balaban J connectivity index is 1.30. The Bertz CT molecular complexity index is 1180. The molecule has 168 valence electrons. The van der Waals surface area contributed by atoms with Crippen LogP contribution in [0.4, 0.5) is 11.4 Å². The highest BCUT2D eigenvalue weighted by Gasteiger charge is 2.28. The number of hydrogen-bond donors (Lipinski definition) is 3. The minimum absolute atomic E-state index is 0.0988. The van der Waals surface area contributed by atoms with Gasteiger partial charge in [-0.1, -0.05) is 6.07 Å². The zero-order valence-corrected chi connectivity index (χ0v) is 19.5. The van der Waals surface area contributed by atoms with Crippen LogP contribution in [0.3, 0.4) is 0 Å². The topological polar surface area (TPSA) is 92.5 Å². The summed E-state index contributed by atoms with van der Waals surface area (Å²) in [6.07, 6.45) is 0.733. The van der Waals surface area contributed by atoms with E-state index in [0.29, 0.717) is 29.3 Å². The number of carbonyl (C=O) groups excluding carboxylic acids is 1. The van der Waals surface area contributed by atoms with Crippen LogP contribution in [-0.4, -0.2) is 48.7 Å². The maximum atomic E-state index is 13.0. The van der Waals surface area contributed by atoms with Gasteiger partial charge in [-0.05, 0) is 51.0 Å². The van der Waals surface area contributed by atoms with Crippen LogP contribution in [0, 0.1) is 6.92 Å². The number of aromatic nitrogens is 1. The summed E-state index contributed by atoms with van der Waals surface area (Å²) in [5, 5.41) is 7.46. The molecule has 0 aliphatic carbocycles. The number of piperazine rings is 1. The SMILES string of the molecule is Cc1ccc2c(N)c(C(=O)NC3COc4cc(N5CCN[C@@H](C)[C@H]5C)ccc4C3)sc2n1. The summed E-state index contributed by atoms with van der Waals surface area (Å²) >= 11 is 1.34. The molecule has 0 spiro atoms. The second kappa shape index (κ2) is 8.26. The van der Waals surface area contributed by atoms with Gasteiger partial charge in [0.25, 0.3) is 5.91 Å². The molecule has 0 bridgehead atoms. The fourth-order valence-corrected chi connectivity index (χ4v) is 5.61. The van der Waals surface area contributed by atoms with Crippen LogP contribution in [0.5, 0.6) is 5.75 Å². The number of nitrogens with zero attached hydrogens (tertiary/aromatic N) is 2. The van der Waals surface area contributed by atoms with Crippen molar-refractivity contribution in [3.63, 3.8) is 0 Å². The molecule has 7 nitrogen and oxygen atoms in total. The van der Waals surface area contributed by atoms with Crippen molar-refractivity contribution in [3.05, 3.63) is 46.5 Å². The van der Waals surface area contributed by atoms with E-state index in [1.165, 1.54) is 17.0 Å². The highest BCUT2D eigenvalue weighted by molar-refractivity contribution is 7.21.